The predicted octanol–water partition coefficient (Wildman–Crippen LogP) is 10.5. The maximum absolute atomic E-state index is 14.8. The highest BCUT2D eigenvalue weighted by molar-refractivity contribution is 5.66. The molecule has 45 heavy (non-hydrogen) atoms. The van der Waals surface area contributed by atoms with Crippen molar-refractivity contribution in [2.45, 2.75) is 44.9 Å². The number of hydrogen-bond donors (Lipinski definition) is 0. The van der Waals surface area contributed by atoms with E-state index in [0.717, 1.165) is 49.6 Å². The molecule has 0 aliphatic carbocycles. The zero-order valence-electron chi connectivity index (χ0n) is 23.2. The lowest BCUT2D eigenvalue weighted by Gasteiger charge is -2.19. The number of halogens is 11. The van der Waals surface area contributed by atoms with Gasteiger partial charge in [-0.1, -0.05) is 31.6 Å². The van der Waals surface area contributed by atoms with Gasteiger partial charge in [0, 0.05) is 17.2 Å². The van der Waals surface area contributed by atoms with Crippen LogP contribution >= 0.6 is 0 Å². The van der Waals surface area contributed by atoms with Crippen molar-refractivity contribution in [3.05, 3.63) is 123 Å². The summed E-state index contributed by atoms with van der Waals surface area (Å²) in [6, 6.07) is 6.68. The third-order valence-electron chi connectivity index (χ3n) is 6.61. The highest BCUT2D eigenvalue weighted by atomic mass is 19.4. The smallest absolute Gasteiger partial charge is 0.429 e. The van der Waals surface area contributed by atoms with Gasteiger partial charge in [-0.25, -0.2) is 26.3 Å². The van der Waals surface area contributed by atoms with Crippen LogP contribution in [-0.2, 0) is 18.7 Å². The van der Waals surface area contributed by atoms with Gasteiger partial charge in [0.2, 0.25) is 0 Å². The second-order valence-corrected chi connectivity index (χ2v) is 9.91. The first-order valence-electron chi connectivity index (χ1n) is 13.3. The molecule has 0 aromatic heterocycles. The Labute approximate surface area is 250 Å². The number of rotatable bonds is 8. The van der Waals surface area contributed by atoms with Crippen LogP contribution in [0.25, 0.3) is 11.1 Å². The van der Waals surface area contributed by atoms with Crippen molar-refractivity contribution < 1.29 is 53.0 Å². The van der Waals surface area contributed by atoms with Crippen LogP contribution in [0.2, 0.25) is 0 Å². The molecule has 0 aliphatic rings. The van der Waals surface area contributed by atoms with Crippen LogP contribution < -0.4 is 4.74 Å². The van der Waals surface area contributed by atoms with E-state index >= 15 is 0 Å². The Kier molecular flexibility index (Phi) is 9.80. The topological polar surface area (TPSA) is 9.23 Å². The van der Waals surface area contributed by atoms with Gasteiger partial charge in [0.15, 0.2) is 0 Å². The van der Waals surface area contributed by atoms with Crippen molar-refractivity contribution in [1.82, 2.24) is 0 Å². The Bertz CT molecular complexity index is 1740. The van der Waals surface area contributed by atoms with Gasteiger partial charge >= 0.3 is 12.3 Å². The zero-order valence-corrected chi connectivity index (χ0v) is 23.2. The molecule has 0 amide bonds. The predicted molar refractivity (Wildman–Crippen MR) is 143 cm³/mol. The Hall–Kier alpha value is -4.53. The monoisotopic (exact) mass is 642 g/mol. The van der Waals surface area contributed by atoms with E-state index in [1.807, 2.05) is 6.92 Å². The SMILES string of the molecule is CCCCCc1cc(F)c(C#Cc2ccc(C(F)(F)Oc3ccc(-c4cc(F)c(C(F)(F)F)c(F)c4)c(F)c3)c(F)c2)c(F)c1. The first kappa shape index (κ1) is 33.4. The molecule has 0 heterocycles. The van der Waals surface area contributed by atoms with Crippen molar-refractivity contribution in [3.63, 3.8) is 0 Å². The summed E-state index contributed by atoms with van der Waals surface area (Å²) in [6.07, 6.45) is -6.74. The van der Waals surface area contributed by atoms with E-state index in [-0.39, 0.29) is 17.7 Å². The standard InChI is InChI=1S/C33H21F11O/c1-2-3-4-5-19-13-25(34)23(26(35)14-19)9-6-18-7-11-24(28(37)12-18)33(43,44)45-21-8-10-22(27(36)17-21)20-15-29(38)31(30(39)16-20)32(40,41)42/h7-8,10-17H,2-5H2,1H3. The first-order valence-corrected chi connectivity index (χ1v) is 13.3. The van der Waals surface area contributed by atoms with Gasteiger partial charge in [-0.2, -0.15) is 22.0 Å². The zero-order chi connectivity index (χ0) is 33.1. The van der Waals surface area contributed by atoms with Gasteiger partial charge in [-0.15, -0.1) is 0 Å². The molecule has 4 aromatic carbocycles. The molecule has 0 aliphatic heterocycles. The molecule has 0 bridgehead atoms. The molecule has 0 radical (unpaired) electrons. The number of ether oxygens (including phenoxy) is 1. The van der Waals surface area contributed by atoms with Crippen molar-refractivity contribution in [1.29, 1.82) is 0 Å². The minimum Gasteiger partial charge on any atom is -0.429 e. The molecule has 0 unspecified atom stereocenters. The fourth-order valence-electron chi connectivity index (χ4n) is 4.43. The van der Waals surface area contributed by atoms with Crippen molar-refractivity contribution >= 4 is 0 Å². The lowest BCUT2D eigenvalue weighted by Crippen LogP contribution is -2.23. The second kappa shape index (κ2) is 13.2. The third-order valence-corrected chi connectivity index (χ3v) is 6.61. The summed E-state index contributed by atoms with van der Waals surface area (Å²) in [5.41, 5.74) is -5.12. The van der Waals surface area contributed by atoms with Gasteiger partial charge in [-0.3, -0.25) is 0 Å². The van der Waals surface area contributed by atoms with Gasteiger partial charge in [-0.05, 0) is 78.6 Å². The highest BCUT2D eigenvalue weighted by Gasteiger charge is 2.39. The van der Waals surface area contributed by atoms with E-state index in [4.69, 9.17) is 0 Å². The fourth-order valence-corrected chi connectivity index (χ4v) is 4.43. The van der Waals surface area contributed by atoms with Crippen LogP contribution in [0.5, 0.6) is 5.75 Å². The summed E-state index contributed by atoms with van der Waals surface area (Å²) in [4.78, 5) is 0. The second-order valence-electron chi connectivity index (χ2n) is 9.91. The molecule has 0 atom stereocenters. The molecule has 1 nitrogen and oxygen atoms in total. The average Bonchev–Trinajstić information content (AvgIpc) is 2.91. The summed E-state index contributed by atoms with van der Waals surface area (Å²) in [5.74, 6) is -5.12. The van der Waals surface area contributed by atoms with E-state index in [1.54, 1.807) is 0 Å². The number of aryl methyl sites for hydroxylation is 1. The van der Waals surface area contributed by atoms with Gasteiger partial charge in [0.05, 0.1) is 5.56 Å². The summed E-state index contributed by atoms with van der Waals surface area (Å²) >= 11 is 0. The van der Waals surface area contributed by atoms with E-state index in [0.29, 0.717) is 30.2 Å². The Balaban J connectivity index is 1.53. The molecule has 0 spiro atoms. The number of unbranched alkanes of at least 4 members (excludes halogenated alkanes) is 2. The molecular weight excluding hydrogens is 621 g/mol. The molecule has 4 aromatic rings. The van der Waals surface area contributed by atoms with E-state index in [2.05, 4.69) is 16.6 Å². The number of hydrogen-bond acceptors (Lipinski definition) is 1. The van der Waals surface area contributed by atoms with Gasteiger partial charge in [0.1, 0.15) is 51.8 Å². The molecule has 4 rings (SSSR count). The number of alkyl halides is 5. The molecule has 236 valence electrons. The van der Waals surface area contributed by atoms with Crippen molar-refractivity contribution in [2.24, 2.45) is 0 Å². The Morgan fingerprint density at radius 1 is 0.644 bits per heavy atom. The maximum Gasteiger partial charge on any atom is 0.429 e. The van der Waals surface area contributed by atoms with Crippen molar-refractivity contribution in [3.8, 4) is 28.7 Å². The molecular formula is C33H21F11O. The molecule has 12 heteroatoms. The van der Waals surface area contributed by atoms with Crippen LogP contribution in [0.4, 0.5) is 48.3 Å². The van der Waals surface area contributed by atoms with Crippen LogP contribution in [0.15, 0.2) is 60.7 Å². The van der Waals surface area contributed by atoms with Crippen LogP contribution in [0.3, 0.4) is 0 Å². The number of benzene rings is 4. The average molecular weight is 643 g/mol. The summed E-state index contributed by atoms with van der Waals surface area (Å²) < 4.78 is 159. The molecule has 0 N–H and O–H groups in total. The minimum absolute atomic E-state index is 0.204. The Morgan fingerprint density at radius 2 is 1.29 bits per heavy atom. The first-order chi connectivity index (χ1) is 21.1. The van der Waals surface area contributed by atoms with Crippen LogP contribution in [0, 0.1) is 46.7 Å². The fraction of sp³-hybridized carbons (Fsp3) is 0.212. The molecule has 0 fully saturated rings. The Morgan fingerprint density at radius 3 is 1.84 bits per heavy atom. The minimum atomic E-state index is -5.36. The quantitative estimate of drug-likeness (QED) is 0.106. The van der Waals surface area contributed by atoms with Crippen molar-refractivity contribution in [2.75, 3.05) is 0 Å². The van der Waals surface area contributed by atoms with E-state index in [9.17, 15) is 48.3 Å². The maximum atomic E-state index is 14.8. The highest BCUT2D eigenvalue weighted by Crippen LogP contribution is 2.38. The largest absolute Gasteiger partial charge is 0.429 e. The van der Waals surface area contributed by atoms with E-state index in [1.165, 1.54) is 0 Å². The van der Waals surface area contributed by atoms with E-state index < -0.39 is 80.8 Å². The third kappa shape index (κ3) is 7.77. The lowest BCUT2D eigenvalue weighted by atomic mass is 10.0. The summed E-state index contributed by atoms with van der Waals surface area (Å²) in [7, 11) is 0. The lowest BCUT2D eigenvalue weighted by molar-refractivity contribution is -0.187. The molecule has 0 saturated heterocycles. The molecule has 0 saturated carbocycles. The van der Waals surface area contributed by atoms with Gasteiger partial charge in [0.25, 0.3) is 0 Å². The van der Waals surface area contributed by atoms with Crippen LogP contribution in [0.1, 0.15) is 54.0 Å². The van der Waals surface area contributed by atoms with Gasteiger partial charge < -0.3 is 4.74 Å². The van der Waals surface area contributed by atoms with Crippen LogP contribution in [-0.4, -0.2) is 0 Å². The summed E-state index contributed by atoms with van der Waals surface area (Å²) in [6.45, 7) is 1.98. The summed E-state index contributed by atoms with van der Waals surface area (Å²) in [5, 5.41) is 0. The normalized spacial score (nSPS) is 11.7.